The number of carboxylic acid groups (broad SMARTS) is 1. The average molecular weight is 486 g/mol. The number of aromatic nitrogens is 5. The fourth-order valence-corrected chi connectivity index (χ4v) is 4.96. The number of alkyl halides is 3. The molecule has 2 atom stereocenters. The maximum absolute atomic E-state index is 15.3. The van der Waals surface area contributed by atoms with Gasteiger partial charge in [0, 0.05) is 19.0 Å². The van der Waals surface area contributed by atoms with Gasteiger partial charge in [0.2, 0.25) is 0 Å². The topological polar surface area (TPSA) is 132 Å². The second-order valence-corrected chi connectivity index (χ2v) is 8.71. The number of amides is 1. The summed E-state index contributed by atoms with van der Waals surface area (Å²) in [6, 6.07) is 1.87. The number of rotatable bonds is 5. The zero-order chi connectivity index (χ0) is 25.3. The lowest BCUT2D eigenvalue weighted by Crippen LogP contribution is -2.62. The van der Waals surface area contributed by atoms with E-state index in [-0.39, 0.29) is 28.2 Å². The van der Waals surface area contributed by atoms with Gasteiger partial charge in [0.25, 0.3) is 17.6 Å². The summed E-state index contributed by atoms with van der Waals surface area (Å²) in [5, 5.41) is 19.8. The standard InChI is InChI=1S/C22H17F3N6O4/c1-3-21(8-22(24,25)9-21)27-19(33)17(32)13-10(2)14(20(34)35)30-7-11(23)15(16(13)30)31-18-12(28-29-31)5-4-6-26-18/h1,4-6,11,15H,7-9H2,2H3,(H,27,33)(H,34,35)/t11?,15-/m0/s1. The molecule has 0 spiro atoms. The summed E-state index contributed by atoms with van der Waals surface area (Å²) in [7, 11) is 0. The predicted octanol–water partition coefficient (Wildman–Crippen LogP) is 1.68. The number of nitrogens with zero attached hydrogens (tertiary/aromatic N) is 5. The number of pyridine rings is 1. The smallest absolute Gasteiger partial charge is 0.352 e. The Morgan fingerprint density at radius 3 is 2.66 bits per heavy atom. The number of Topliss-reactive ketones (excluding diaryl/α,β-unsaturated/α-hetero) is 1. The first-order chi connectivity index (χ1) is 16.5. The van der Waals surface area contributed by atoms with E-state index in [4.69, 9.17) is 6.42 Å². The number of nitrogens with one attached hydrogen (secondary N) is 1. The van der Waals surface area contributed by atoms with Crippen LogP contribution in [0.25, 0.3) is 11.2 Å². The summed E-state index contributed by atoms with van der Waals surface area (Å²) in [6.45, 7) is 0.887. The Balaban J connectivity index is 1.61. The van der Waals surface area contributed by atoms with Crippen molar-refractivity contribution in [1.29, 1.82) is 0 Å². The largest absolute Gasteiger partial charge is 0.477 e. The number of hydrogen-bond donors (Lipinski definition) is 2. The number of terminal acetylenes is 1. The van der Waals surface area contributed by atoms with Crippen LogP contribution in [-0.4, -0.2) is 64.9 Å². The van der Waals surface area contributed by atoms with Crippen LogP contribution in [0.15, 0.2) is 18.3 Å². The molecule has 0 aromatic carbocycles. The van der Waals surface area contributed by atoms with Gasteiger partial charge in [-0.1, -0.05) is 11.1 Å². The van der Waals surface area contributed by atoms with Crippen molar-refractivity contribution >= 4 is 28.8 Å². The number of aromatic carboxylic acids is 1. The number of fused-ring (bicyclic) bond motifs is 2. The van der Waals surface area contributed by atoms with Crippen LogP contribution in [0.5, 0.6) is 0 Å². The third-order valence-corrected chi connectivity index (χ3v) is 6.41. The number of carbonyl (C=O) groups excluding carboxylic acids is 2. The number of carbonyl (C=O) groups is 3. The Morgan fingerprint density at radius 2 is 2.03 bits per heavy atom. The van der Waals surface area contributed by atoms with Crippen LogP contribution in [0.2, 0.25) is 0 Å². The molecule has 2 aliphatic rings. The van der Waals surface area contributed by atoms with Crippen molar-refractivity contribution in [2.75, 3.05) is 0 Å². The summed E-state index contributed by atoms with van der Waals surface area (Å²) >= 11 is 0. The molecule has 4 heterocycles. The molecule has 13 heteroatoms. The fourth-order valence-electron chi connectivity index (χ4n) is 4.96. The van der Waals surface area contributed by atoms with Crippen LogP contribution in [0, 0.1) is 19.3 Å². The molecule has 5 rings (SSSR count). The quantitative estimate of drug-likeness (QED) is 0.319. The molecule has 1 aliphatic carbocycles. The van der Waals surface area contributed by atoms with Gasteiger partial charge in [0.1, 0.15) is 29.0 Å². The van der Waals surface area contributed by atoms with Crippen LogP contribution >= 0.6 is 0 Å². The minimum atomic E-state index is -3.08. The van der Waals surface area contributed by atoms with E-state index >= 15 is 4.39 Å². The summed E-state index contributed by atoms with van der Waals surface area (Å²) in [5.41, 5.74) is -2.09. The third kappa shape index (κ3) is 3.28. The highest BCUT2D eigenvalue weighted by atomic mass is 19.3. The van der Waals surface area contributed by atoms with Gasteiger partial charge in [0.15, 0.2) is 5.65 Å². The minimum Gasteiger partial charge on any atom is -0.477 e. The maximum Gasteiger partial charge on any atom is 0.352 e. The first kappa shape index (κ1) is 22.6. The van der Waals surface area contributed by atoms with Crippen molar-refractivity contribution in [3.05, 3.63) is 40.8 Å². The van der Waals surface area contributed by atoms with Crippen LogP contribution in [-0.2, 0) is 11.3 Å². The minimum absolute atomic E-state index is 0.0735. The SMILES string of the molecule is C#CC1(NC(=O)C(=O)c2c(C)c(C(=O)O)n3c2[C@@H](n2nnc4cccnc42)C(F)C3)CC(F)(F)C1. The lowest BCUT2D eigenvalue weighted by molar-refractivity contribution is -0.133. The number of halogens is 3. The molecule has 0 bridgehead atoms. The lowest BCUT2D eigenvalue weighted by atomic mass is 9.74. The molecule has 1 amide bonds. The molecule has 3 aromatic rings. The van der Waals surface area contributed by atoms with Crippen molar-refractivity contribution in [3.8, 4) is 12.3 Å². The van der Waals surface area contributed by atoms with Crippen LogP contribution in [0.4, 0.5) is 13.2 Å². The van der Waals surface area contributed by atoms with Crippen LogP contribution in [0.3, 0.4) is 0 Å². The fraction of sp³-hybridized carbons (Fsp3) is 0.364. The molecular weight excluding hydrogens is 469 g/mol. The van der Waals surface area contributed by atoms with Gasteiger partial charge in [-0.05, 0) is 24.6 Å². The van der Waals surface area contributed by atoms with Crippen molar-refractivity contribution in [2.24, 2.45) is 0 Å². The van der Waals surface area contributed by atoms with Gasteiger partial charge in [0.05, 0.1) is 17.8 Å². The summed E-state index contributed by atoms with van der Waals surface area (Å²) in [4.78, 5) is 42.3. The third-order valence-electron chi connectivity index (χ3n) is 6.41. The molecule has 1 unspecified atom stereocenters. The zero-order valence-corrected chi connectivity index (χ0v) is 18.1. The maximum atomic E-state index is 15.3. The van der Waals surface area contributed by atoms with Crippen molar-refractivity contribution in [2.45, 2.75) is 50.0 Å². The van der Waals surface area contributed by atoms with Crippen molar-refractivity contribution in [1.82, 2.24) is 29.9 Å². The highest BCUT2D eigenvalue weighted by Gasteiger charge is 2.57. The first-order valence-electron chi connectivity index (χ1n) is 10.5. The summed E-state index contributed by atoms with van der Waals surface area (Å²) < 4.78 is 44.5. The Labute approximate surface area is 195 Å². The molecule has 35 heavy (non-hydrogen) atoms. The molecule has 180 valence electrons. The summed E-state index contributed by atoms with van der Waals surface area (Å²) in [6.07, 6.45) is 3.36. The van der Waals surface area contributed by atoms with Gasteiger partial charge in [-0.2, -0.15) is 0 Å². The summed E-state index contributed by atoms with van der Waals surface area (Å²) in [5.74, 6) is -4.93. The predicted molar refractivity (Wildman–Crippen MR) is 113 cm³/mol. The van der Waals surface area contributed by atoms with Crippen LogP contribution < -0.4 is 5.32 Å². The van der Waals surface area contributed by atoms with Crippen molar-refractivity contribution < 1.29 is 32.7 Å². The molecule has 3 aromatic heterocycles. The monoisotopic (exact) mass is 486 g/mol. The van der Waals surface area contributed by atoms with Gasteiger partial charge in [-0.3, -0.25) is 9.59 Å². The van der Waals surface area contributed by atoms with E-state index in [1.54, 1.807) is 12.1 Å². The van der Waals surface area contributed by atoms with E-state index in [2.05, 4.69) is 26.5 Å². The molecule has 1 saturated carbocycles. The molecule has 10 nitrogen and oxygen atoms in total. The zero-order valence-electron chi connectivity index (χ0n) is 18.1. The van der Waals surface area contributed by atoms with Gasteiger partial charge >= 0.3 is 5.97 Å². The van der Waals surface area contributed by atoms with Gasteiger partial charge in [-0.15, -0.1) is 11.5 Å². The Morgan fingerprint density at radius 1 is 1.31 bits per heavy atom. The Kier molecular flexibility index (Phi) is 4.77. The van der Waals surface area contributed by atoms with E-state index in [1.807, 2.05) is 0 Å². The second-order valence-electron chi connectivity index (χ2n) is 8.71. The molecule has 1 fully saturated rings. The average Bonchev–Trinajstić information content (AvgIpc) is 3.41. The highest BCUT2D eigenvalue weighted by molar-refractivity contribution is 6.44. The van der Waals surface area contributed by atoms with Gasteiger partial charge < -0.3 is 15.0 Å². The molecule has 1 aliphatic heterocycles. The number of carboxylic acids is 1. The first-order valence-corrected chi connectivity index (χ1v) is 10.5. The van der Waals surface area contributed by atoms with E-state index in [0.717, 1.165) is 9.25 Å². The Bertz CT molecular complexity index is 1460. The van der Waals surface area contributed by atoms with E-state index in [9.17, 15) is 28.3 Å². The van der Waals surface area contributed by atoms with E-state index in [1.165, 1.54) is 13.1 Å². The van der Waals surface area contributed by atoms with Crippen LogP contribution in [0.1, 0.15) is 51.0 Å². The second kappa shape index (κ2) is 7.39. The lowest BCUT2D eigenvalue weighted by Gasteiger charge is -2.43. The van der Waals surface area contributed by atoms with Gasteiger partial charge in [-0.25, -0.2) is 27.6 Å². The van der Waals surface area contributed by atoms with Crippen molar-refractivity contribution in [3.63, 3.8) is 0 Å². The van der Waals surface area contributed by atoms with E-state index in [0.29, 0.717) is 5.52 Å². The molecule has 0 radical (unpaired) electrons. The van der Waals surface area contributed by atoms with E-state index < -0.39 is 60.7 Å². The number of ketones is 1. The molecular formula is C22H17F3N6O4. The number of hydrogen-bond acceptors (Lipinski definition) is 6. The highest BCUT2D eigenvalue weighted by Crippen LogP contribution is 2.45. The normalized spacial score (nSPS) is 21.7. The Hall–Kier alpha value is -4.21. The molecule has 0 saturated heterocycles. The molecule has 2 N–H and O–H groups in total.